The summed E-state index contributed by atoms with van der Waals surface area (Å²) >= 11 is 0. The number of rotatable bonds is 4. The van der Waals surface area contributed by atoms with Crippen LogP contribution in [0.1, 0.15) is 30.6 Å². The number of amides is 3. The second-order valence-electron chi connectivity index (χ2n) is 7.39. The molecule has 7 heteroatoms. The van der Waals surface area contributed by atoms with E-state index in [1.165, 1.54) is 0 Å². The van der Waals surface area contributed by atoms with Crippen molar-refractivity contribution in [3.8, 4) is 5.75 Å². The Kier molecular flexibility index (Phi) is 5.68. The topological polar surface area (TPSA) is 70.2 Å². The van der Waals surface area contributed by atoms with Crippen LogP contribution in [0.3, 0.4) is 0 Å². The number of carbonyl (C=O) groups excluding carboxylic acids is 3. The highest BCUT2D eigenvalue weighted by Gasteiger charge is 2.38. The molecule has 0 bridgehead atoms. The Labute approximate surface area is 159 Å². The fraction of sp³-hybridized carbons (Fsp3) is 0.550. The highest BCUT2D eigenvalue weighted by molar-refractivity contribution is 5.95. The SMILES string of the molecule is COc1cccc(C(=O)N2CCN(C(=O)C3CC(=O)N(C(C)C)C3)CC2)c1. The van der Waals surface area contributed by atoms with Gasteiger partial charge >= 0.3 is 0 Å². The summed E-state index contributed by atoms with van der Waals surface area (Å²) in [7, 11) is 1.57. The van der Waals surface area contributed by atoms with E-state index in [9.17, 15) is 14.4 Å². The Hall–Kier alpha value is -2.57. The molecule has 0 radical (unpaired) electrons. The van der Waals surface area contributed by atoms with Crippen molar-refractivity contribution in [1.82, 2.24) is 14.7 Å². The molecule has 0 N–H and O–H groups in total. The van der Waals surface area contributed by atoms with E-state index < -0.39 is 0 Å². The highest BCUT2D eigenvalue weighted by atomic mass is 16.5. The maximum absolute atomic E-state index is 12.8. The van der Waals surface area contributed by atoms with Gasteiger partial charge in [-0.25, -0.2) is 0 Å². The van der Waals surface area contributed by atoms with Crippen LogP contribution >= 0.6 is 0 Å². The maximum atomic E-state index is 12.8. The van der Waals surface area contributed by atoms with E-state index in [1.54, 1.807) is 46.1 Å². The Morgan fingerprint density at radius 3 is 2.37 bits per heavy atom. The van der Waals surface area contributed by atoms with Gasteiger partial charge in [-0.05, 0) is 32.0 Å². The Balaban J connectivity index is 1.56. The smallest absolute Gasteiger partial charge is 0.254 e. The van der Waals surface area contributed by atoms with Crippen LogP contribution in [-0.2, 0) is 9.59 Å². The van der Waals surface area contributed by atoms with Crippen molar-refractivity contribution in [3.05, 3.63) is 29.8 Å². The third-order valence-corrected chi connectivity index (χ3v) is 5.33. The number of benzene rings is 1. The van der Waals surface area contributed by atoms with Gasteiger partial charge in [-0.3, -0.25) is 14.4 Å². The molecule has 2 aliphatic heterocycles. The average molecular weight is 373 g/mol. The van der Waals surface area contributed by atoms with Crippen LogP contribution in [0.25, 0.3) is 0 Å². The summed E-state index contributed by atoms with van der Waals surface area (Å²) in [5.41, 5.74) is 0.586. The molecule has 7 nitrogen and oxygen atoms in total. The predicted molar refractivity (Wildman–Crippen MR) is 100 cm³/mol. The molecule has 1 aromatic carbocycles. The molecule has 2 fully saturated rings. The lowest BCUT2D eigenvalue weighted by molar-refractivity contribution is -0.137. The second-order valence-corrected chi connectivity index (χ2v) is 7.39. The van der Waals surface area contributed by atoms with Crippen molar-refractivity contribution in [3.63, 3.8) is 0 Å². The van der Waals surface area contributed by atoms with E-state index in [1.807, 2.05) is 13.8 Å². The lowest BCUT2D eigenvalue weighted by atomic mass is 10.1. The number of nitrogens with zero attached hydrogens (tertiary/aromatic N) is 3. The molecule has 0 aromatic heterocycles. The molecule has 27 heavy (non-hydrogen) atoms. The summed E-state index contributed by atoms with van der Waals surface area (Å²) in [6, 6.07) is 7.21. The molecule has 2 heterocycles. The lowest BCUT2D eigenvalue weighted by Crippen LogP contribution is -2.52. The van der Waals surface area contributed by atoms with E-state index >= 15 is 0 Å². The summed E-state index contributed by atoms with van der Waals surface area (Å²) < 4.78 is 5.18. The molecule has 1 aromatic rings. The molecule has 0 aliphatic carbocycles. The summed E-state index contributed by atoms with van der Waals surface area (Å²) in [5, 5.41) is 0. The Morgan fingerprint density at radius 2 is 1.78 bits per heavy atom. The van der Waals surface area contributed by atoms with Crippen LogP contribution in [0, 0.1) is 5.92 Å². The summed E-state index contributed by atoms with van der Waals surface area (Å²) in [5.74, 6) is 0.411. The molecular weight excluding hydrogens is 346 g/mol. The normalized spacial score (nSPS) is 20.4. The number of carbonyl (C=O) groups is 3. The van der Waals surface area contributed by atoms with Gasteiger partial charge in [-0.2, -0.15) is 0 Å². The average Bonchev–Trinajstić information content (AvgIpc) is 3.09. The second kappa shape index (κ2) is 7.98. The third-order valence-electron chi connectivity index (χ3n) is 5.33. The van der Waals surface area contributed by atoms with Crippen molar-refractivity contribution in [2.75, 3.05) is 39.8 Å². The minimum Gasteiger partial charge on any atom is -0.497 e. The van der Waals surface area contributed by atoms with Gasteiger partial charge in [0.1, 0.15) is 5.75 Å². The molecule has 3 rings (SSSR count). The molecule has 146 valence electrons. The first-order chi connectivity index (χ1) is 12.9. The minimum absolute atomic E-state index is 0.0278. The van der Waals surface area contributed by atoms with Crippen LogP contribution in [0.4, 0.5) is 0 Å². The Morgan fingerprint density at radius 1 is 1.11 bits per heavy atom. The zero-order valence-corrected chi connectivity index (χ0v) is 16.2. The lowest BCUT2D eigenvalue weighted by Gasteiger charge is -2.36. The van der Waals surface area contributed by atoms with Gasteiger partial charge < -0.3 is 19.4 Å². The molecule has 2 aliphatic rings. The number of methoxy groups -OCH3 is 1. The van der Waals surface area contributed by atoms with Crippen LogP contribution in [0.5, 0.6) is 5.75 Å². The van der Waals surface area contributed by atoms with Gasteiger partial charge in [0.15, 0.2) is 0 Å². The fourth-order valence-electron chi connectivity index (χ4n) is 3.72. The fourth-order valence-corrected chi connectivity index (χ4v) is 3.72. The largest absolute Gasteiger partial charge is 0.497 e. The van der Waals surface area contributed by atoms with Gasteiger partial charge in [0, 0.05) is 50.7 Å². The monoisotopic (exact) mass is 373 g/mol. The first-order valence-electron chi connectivity index (χ1n) is 9.42. The first kappa shape index (κ1) is 19.2. The van der Waals surface area contributed by atoms with Gasteiger partial charge in [-0.15, -0.1) is 0 Å². The van der Waals surface area contributed by atoms with Crippen molar-refractivity contribution in [1.29, 1.82) is 0 Å². The predicted octanol–water partition coefficient (Wildman–Crippen LogP) is 1.24. The molecule has 2 saturated heterocycles. The zero-order valence-electron chi connectivity index (χ0n) is 16.2. The Bertz CT molecular complexity index is 726. The number of hydrogen-bond donors (Lipinski definition) is 0. The molecule has 0 spiro atoms. The number of likely N-dealkylation sites (tertiary alicyclic amines) is 1. The van der Waals surface area contributed by atoms with Gasteiger partial charge in [0.05, 0.1) is 13.0 Å². The molecule has 1 unspecified atom stereocenters. The molecular formula is C20H27N3O4. The zero-order chi connectivity index (χ0) is 19.6. The van der Waals surface area contributed by atoms with E-state index in [4.69, 9.17) is 4.74 Å². The van der Waals surface area contributed by atoms with Crippen molar-refractivity contribution in [2.45, 2.75) is 26.3 Å². The quantitative estimate of drug-likeness (QED) is 0.796. The summed E-state index contributed by atoms with van der Waals surface area (Å²) in [4.78, 5) is 42.8. The summed E-state index contributed by atoms with van der Waals surface area (Å²) in [6.45, 7) is 6.42. The van der Waals surface area contributed by atoms with Crippen molar-refractivity contribution < 1.29 is 19.1 Å². The van der Waals surface area contributed by atoms with E-state index in [0.717, 1.165) is 0 Å². The van der Waals surface area contributed by atoms with Crippen LogP contribution in [0.2, 0.25) is 0 Å². The van der Waals surface area contributed by atoms with Crippen molar-refractivity contribution in [2.24, 2.45) is 5.92 Å². The van der Waals surface area contributed by atoms with Crippen LogP contribution < -0.4 is 4.74 Å². The van der Waals surface area contributed by atoms with Crippen molar-refractivity contribution >= 4 is 17.7 Å². The maximum Gasteiger partial charge on any atom is 0.254 e. The highest BCUT2D eigenvalue weighted by Crippen LogP contribution is 2.23. The molecule has 0 saturated carbocycles. The van der Waals surface area contributed by atoms with Gasteiger partial charge in [0.2, 0.25) is 11.8 Å². The van der Waals surface area contributed by atoms with E-state index in [0.29, 0.717) is 50.5 Å². The minimum atomic E-state index is -0.263. The van der Waals surface area contributed by atoms with Gasteiger partial charge in [-0.1, -0.05) is 6.07 Å². The van der Waals surface area contributed by atoms with E-state index in [2.05, 4.69) is 0 Å². The van der Waals surface area contributed by atoms with Crippen LogP contribution in [-0.4, -0.2) is 78.3 Å². The summed E-state index contributed by atoms with van der Waals surface area (Å²) in [6.07, 6.45) is 0.292. The number of hydrogen-bond acceptors (Lipinski definition) is 4. The van der Waals surface area contributed by atoms with Gasteiger partial charge in [0.25, 0.3) is 5.91 Å². The third kappa shape index (κ3) is 4.07. The van der Waals surface area contributed by atoms with Crippen LogP contribution in [0.15, 0.2) is 24.3 Å². The molecule has 1 atom stereocenters. The standard InChI is InChI=1S/C20H27N3O4/c1-14(2)23-13-16(12-18(23)24)20(26)22-9-7-21(8-10-22)19(25)15-5-4-6-17(11-15)27-3/h4-6,11,14,16H,7-10,12-13H2,1-3H3. The molecule has 3 amide bonds. The number of ether oxygens (including phenoxy) is 1. The number of piperazine rings is 1. The van der Waals surface area contributed by atoms with E-state index in [-0.39, 0.29) is 29.7 Å². The first-order valence-corrected chi connectivity index (χ1v) is 9.42.